The van der Waals surface area contributed by atoms with E-state index in [1.807, 2.05) is 0 Å². The van der Waals surface area contributed by atoms with Crippen molar-refractivity contribution in [2.45, 2.75) is 251 Å². The zero-order valence-corrected chi connectivity index (χ0v) is 66.7. The minimum atomic E-state index is -2.03. The molecule has 0 fully saturated rings. The van der Waals surface area contributed by atoms with Gasteiger partial charge < -0.3 is 111 Å². The van der Waals surface area contributed by atoms with Gasteiger partial charge in [-0.05, 0) is 113 Å². The van der Waals surface area contributed by atoms with Crippen molar-refractivity contribution in [3.05, 3.63) is 0 Å². The van der Waals surface area contributed by atoms with E-state index in [0.717, 1.165) is 20.8 Å². The lowest BCUT2D eigenvalue weighted by atomic mass is 9.96. The number of thioether (sulfide) groups is 2. The van der Waals surface area contributed by atoms with Gasteiger partial charge in [0.05, 0.1) is 37.3 Å². The third-order valence-electron chi connectivity index (χ3n) is 16.7. The van der Waals surface area contributed by atoms with E-state index < -0.39 is 247 Å². The first kappa shape index (κ1) is 99.9. The Morgan fingerprint density at radius 3 is 1.13 bits per heavy atom. The van der Waals surface area contributed by atoms with Crippen LogP contribution >= 0.6 is 36.2 Å². The van der Waals surface area contributed by atoms with Crippen molar-refractivity contribution in [2.24, 2.45) is 35.3 Å². The van der Waals surface area contributed by atoms with Crippen molar-refractivity contribution in [3.8, 4) is 0 Å². The maximum atomic E-state index is 14.3. The quantitative estimate of drug-likeness (QED) is 0.0254. The SMILES string of the molecule is CC[C@H](C)[C@H](NC(=O)[C@H](CCSC)NC(=O)[C@H](CC(C)C)NC(=O)CNC(=O)[C@H](C)NC(=O)[C@@H](N)C(C)C)C(=O)N[C@H](C(=O)N[C@H](C(=O)N[C@@H](CCC(=O)O)C(=O)N[C@@H](CS)C(=O)N[C@@H](CCSC)C(=O)N[C@H](C(=O)N[C@H](C(=O)N[C@@H](CC(=O)O)C(=O)N[C@@H](CC(C)C)C(=O)O)[C@@H](C)O)C(C)C)[C@@H](C)O)[C@@H](C)O. The third-order valence-corrected chi connectivity index (χ3v) is 18.4. The smallest absolute Gasteiger partial charge is 0.326 e. The van der Waals surface area contributed by atoms with Crippen LogP contribution in [0.5, 0.6) is 0 Å². The van der Waals surface area contributed by atoms with E-state index >= 15 is 0 Å². The second kappa shape index (κ2) is 50.6. The topological polar surface area (TPSA) is 606 Å². The summed E-state index contributed by atoms with van der Waals surface area (Å²) in [7, 11) is 0. The number of carbonyl (C=O) groups excluding carboxylic acids is 14. The molecule has 41 heteroatoms. The fraction of sp³-hybridized carbons (Fsp3) is 0.746. The van der Waals surface area contributed by atoms with E-state index in [1.54, 1.807) is 67.9 Å². The summed E-state index contributed by atoms with van der Waals surface area (Å²) in [5.41, 5.74) is 5.87. The number of nitrogens with one attached hydrogen (secondary N) is 14. The number of nitrogens with two attached hydrogens (primary N) is 1. The lowest BCUT2D eigenvalue weighted by molar-refractivity contribution is -0.144. The molecule has 0 spiro atoms. The molecule has 0 saturated carbocycles. The fourth-order valence-corrected chi connectivity index (χ4v) is 11.3. The minimum Gasteiger partial charge on any atom is -0.481 e. The number of aliphatic carboxylic acids is 3. The Kier molecular flexibility index (Phi) is 46.8. The number of carboxylic acids is 3. The maximum Gasteiger partial charge on any atom is 0.326 e. The Balaban J connectivity index is 6.75. The second-order valence-electron chi connectivity index (χ2n) is 27.9. The molecule has 0 aromatic rings. The van der Waals surface area contributed by atoms with Gasteiger partial charge in [0.15, 0.2) is 0 Å². The summed E-state index contributed by atoms with van der Waals surface area (Å²) in [4.78, 5) is 228. The standard InChI is InChI=1S/C67H117N15O23S3/c1-17-33(10)50(79-57(94)40(21-23-108-16)72-58(95)41(24-29(2)3)71-45(86)27-69-54(91)34(11)70-61(98)48(68)31(6)7)63(100)81-53(37(14)85)66(103)82-51(35(12)83)64(101)74-38(18-19-46(87)88)55(92)77-44(28-106)60(97)73-39(20-22-107-15)56(93)78-49(32(8)9)62(99)80-52(36(13)84)65(102)75-42(26-47(89)90)59(96)76-43(67(104)105)25-30(4)5/h29-44,48-53,83-85,106H,17-28,68H2,1-16H3,(H,69,91)(H,70,98)(H,71,86)(H,72,95)(H,73,97)(H,74,101)(H,75,102)(H,76,96)(H,77,92)(H,78,93)(H,79,94)(H,80,99)(H,81,100)(H,82,103)(H,87,88)(H,89,90)(H,104,105)/t33-,34-,35+,36+,37+,38-,39-,40-,41-,42-,43-,44-,48-,49-,50-,51-,52-,53-/m0/s1. The first-order chi connectivity index (χ1) is 50.2. The van der Waals surface area contributed by atoms with Crippen molar-refractivity contribution in [2.75, 3.05) is 36.3 Å². The summed E-state index contributed by atoms with van der Waals surface area (Å²) >= 11 is 6.75. The Hall–Kier alpha value is -8.12. The molecule has 0 unspecified atom stereocenters. The van der Waals surface area contributed by atoms with Gasteiger partial charge in [-0.3, -0.25) is 76.7 Å². The van der Waals surface area contributed by atoms with Gasteiger partial charge in [0, 0.05) is 12.2 Å². The Labute approximate surface area is 643 Å². The highest BCUT2D eigenvalue weighted by atomic mass is 32.2. The number of carboxylic acid groups (broad SMARTS) is 3. The summed E-state index contributed by atoms with van der Waals surface area (Å²) in [6, 6.07) is -21.8. The van der Waals surface area contributed by atoms with Crippen molar-refractivity contribution >= 4 is 137 Å². The number of rotatable bonds is 52. The van der Waals surface area contributed by atoms with Crippen molar-refractivity contribution < 1.29 is 112 Å². The molecule has 14 amide bonds. The predicted octanol–water partition coefficient (Wildman–Crippen LogP) is -4.79. The van der Waals surface area contributed by atoms with E-state index in [9.17, 15) is 112 Å². The number of hydrogen-bond donors (Lipinski definition) is 22. The number of aliphatic hydroxyl groups is 3. The summed E-state index contributed by atoms with van der Waals surface area (Å²) in [5, 5.41) is 94.9. The zero-order chi connectivity index (χ0) is 83.3. The summed E-state index contributed by atoms with van der Waals surface area (Å²) in [5.74, 6) is -20.9. The van der Waals surface area contributed by atoms with Crippen LogP contribution < -0.4 is 80.2 Å². The first-order valence-corrected chi connectivity index (χ1v) is 38.9. The minimum absolute atomic E-state index is 0.00393. The lowest BCUT2D eigenvalue weighted by Crippen LogP contribution is -2.64. The van der Waals surface area contributed by atoms with Crippen molar-refractivity contribution in [3.63, 3.8) is 0 Å². The second-order valence-corrected chi connectivity index (χ2v) is 30.2. The van der Waals surface area contributed by atoms with E-state index in [-0.39, 0.29) is 55.6 Å². The highest BCUT2D eigenvalue weighted by Gasteiger charge is 2.41. The lowest BCUT2D eigenvalue weighted by Gasteiger charge is -2.31. The van der Waals surface area contributed by atoms with Crippen molar-refractivity contribution in [1.82, 2.24) is 74.4 Å². The molecule has 0 aliphatic carbocycles. The molecule has 0 rings (SSSR count). The van der Waals surface area contributed by atoms with E-state index in [0.29, 0.717) is 5.75 Å². The van der Waals surface area contributed by atoms with E-state index in [1.165, 1.54) is 44.3 Å². The average Bonchev–Trinajstić information content (AvgIpc) is 0.840. The van der Waals surface area contributed by atoms with Crippen LogP contribution in [0.4, 0.5) is 0 Å². The number of carbonyl (C=O) groups is 17. The molecule has 18 atom stereocenters. The van der Waals surface area contributed by atoms with Crippen LogP contribution in [0.2, 0.25) is 0 Å². The number of amides is 14. The van der Waals surface area contributed by atoms with Crippen LogP contribution in [0, 0.1) is 29.6 Å². The van der Waals surface area contributed by atoms with Gasteiger partial charge in [0.2, 0.25) is 82.7 Å². The molecule has 108 heavy (non-hydrogen) atoms. The van der Waals surface area contributed by atoms with Gasteiger partial charge in [-0.25, -0.2) is 4.79 Å². The highest BCUT2D eigenvalue weighted by Crippen LogP contribution is 2.15. The van der Waals surface area contributed by atoms with Crippen LogP contribution in [0.3, 0.4) is 0 Å². The normalized spacial score (nSPS) is 16.4. The molecule has 0 aliphatic heterocycles. The summed E-state index contributed by atoms with van der Waals surface area (Å²) in [6.45, 7) is 20.5. The Bertz CT molecular complexity index is 3060. The van der Waals surface area contributed by atoms with Gasteiger partial charge in [0.1, 0.15) is 78.5 Å². The van der Waals surface area contributed by atoms with Crippen LogP contribution in [-0.2, 0) is 81.5 Å². The van der Waals surface area contributed by atoms with Gasteiger partial charge in [0.25, 0.3) is 0 Å². The highest BCUT2D eigenvalue weighted by molar-refractivity contribution is 7.98. The average molecular weight is 1600 g/mol. The molecule has 0 bridgehead atoms. The molecule has 38 nitrogen and oxygen atoms in total. The molecule has 0 radical (unpaired) electrons. The molecule has 0 saturated heterocycles. The molecule has 0 aromatic heterocycles. The van der Waals surface area contributed by atoms with Crippen LogP contribution in [0.1, 0.15) is 148 Å². The molecular formula is C67H117N15O23S3. The van der Waals surface area contributed by atoms with Gasteiger partial charge in [-0.15, -0.1) is 0 Å². The van der Waals surface area contributed by atoms with E-state index in [4.69, 9.17) is 5.73 Å². The fourth-order valence-electron chi connectivity index (χ4n) is 10.1. The molecule has 616 valence electrons. The molecular weight excluding hydrogens is 1480 g/mol. The van der Waals surface area contributed by atoms with Crippen LogP contribution in [0.15, 0.2) is 0 Å². The van der Waals surface area contributed by atoms with Crippen LogP contribution in [0.25, 0.3) is 0 Å². The van der Waals surface area contributed by atoms with Gasteiger partial charge >= 0.3 is 17.9 Å². The largest absolute Gasteiger partial charge is 0.481 e. The number of hydrogen-bond acceptors (Lipinski definition) is 24. The van der Waals surface area contributed by atoms with Gasteiger partial charge in [-0.1, -0.05) is 75.7 Å². The monoisotopic (exact) mass is 1600 g/mol. The van der Waals surface area contributed by atoms with E-state index in [2.05, 4.69) is 87.1 Å². The molecule has 0 aliphatic rings. The molecule has 0 heterocycles. The number of aliphatic hydroxyl groups excluding tert-OH is 3. The molecule has 22 N–H and O–H groups in total. The summed E-state index contributed by atoms with van der Waals surface area (Å²) in [6.07, 6.45) is -4.34. The van der Waals surface area contributed by atoms with Crippen molar-refractivity contribution in [1.29, 1.82) is 0 Å². The third kappa shape index (κ3) is 36.9. The first-order valence-electron chi connectivity index (χ1n) is 35.5. The predicted molar refractivity (Wildman–Crippen MR) is 401 cm³/mol. The number of thiol groups is 1. The zero-order valence-electron chi connectivity index (χ0n) is 64.2. The Morgan fingerprint density at radius 2 is 0.731 bits per heavy atom. The maximum absolute atomic E-state index is 14.3. The summed E-state index contributed by atoms with van der Waals surface area (Å²) < 4.78 is 0. The Morgan fingerprint density at radius 1 is 0.380 bits per heavy atom. The van der Waals surface area contributed by atoms with Crippen LogP contribution in [-0.4, -0.2) is 270 Å². The van der Waals surface area contributed by atoms with Gasteiger partial charge in [-0.2, -0.15) is 36.2 Å². The molecule has 0 aromatic carbocycles.